The summed E-state index contributed by atoms with van der Waals surface area (Å²) in [6.45, 7) is 3.55. The quantitative estimate of drug-likeness (QED) is 0.183. The minimum atomic E-state index is -0.578. The van der Waals surface area contributed by atoms with Gasteiger partial charge in [0.15, 0.2) is 5.78 Å². The molecular formula is C37H39FN6O2. The molecule has 46 heavy (non-hydrogen) atoms. The van der Waals surface area contributed by atoms with E-state index in [1.807, 2.05) is 50.4 Å². The van der Waals surface area contributed by atoms with E-state index in [4.69, 9.17) is 10.7 Å². The number of imidazole rings is 1. The summed E-state index contributed by atoms with van der Waals surface area (Å²) >= 11 is 0. The van der Waals surface area contributed by atoms with E-state index in [1.165, 1.54) is 19.4 Å². The van der Waals surface area contributed by atoms with Crippen LogP contribution in [0.4, 0.5) is 10.2 Å². The van der Waals surface area contributed by atoms with E-state index < -0.39 is 11.4 Å². The molecule has 0 spiro atoms. The fourth-order valence-electron chi connectivity index (χ4n) is 7.48. The van der Waals surface area contributed by atoms with Crippen LogP contribution in [0.3, 0.4) is 0 Å². The first-order valence-corrected chi connectivity index (χ1v) is 16.2. The predicted octanol–water partition coefficient (Wildman–Crippen LogP) is 7.54. The van der Waals surface area contributed by atoms with E-state index in [0.29, 0.717) is 16.9 Å². The Morgan fingerprint density at radius 3 is 2.54 bits per heavy atom. The van der Waals surface area contributed by atoms with E-state index in [-0.39, 0.29) is 17.7 Å². The van der Waals surface area contributed by atoms with Crippen molar-refractivity contribution in [2.45, 2.75) is 76.8 Å². The lowest BCUT2D eigenvalue weighted by atomic mass is 9.75. The number of allylic oxidation sites excluding steroid dienone is 1. The lowest BCUT2D eigenvalue weighted by molar-refractivity contribution is -0.112. The molecule has 9 heteroatoms. The average molecular weight is 619 g/mol. The van der Waals surface area contributed by atoms with Gasteiger partial charge in [-0.15, -0.1) is 0 Å². The highest BCUT2D eigenvalue weighted by atomic mass is 19.1. The van der Waals surface area contributed by atoms with Crippen LogP contribution < -0.4 is 11.1 Å². The number of hydrogen-bond acceptors (Lipinski definition) is 5. The van der Waals surface area contributed by atoms with E-state index >= 15 is 0 Å². The van der Waals surface area contributed by atoms with Crippen molar-refractivity contribution in [1.29, 1.82) is 0 Å². The predicted molar refractivity (Wildman–Crippen MR) is 180 cm³/mol. The van der Waals surface area contributed by atoms with E-state index in [0.717, 1.165) is 95.7 Å². The molecule has 1 amide bonds. The number of benzene rings is 2. The van der Waals surface area contributed by atoms with Gasteiger partial charge in [0.1, 0.15) is 17.5 Å². The van der Waals surface area contributed by atoms with Gasteiger partial charge in [0.2, 0.25) is 0 Å². The van der Waals surface area contributed by atoms with Crippen LogP contribution in [-0.2, 0) is 17.4 Å². The molecule has 2 aromatic carbocycles. The Bertz CT molecular complexity index is 2040. The van der Waals surface area contributed by atoms with Crippen molar-refractivity contribution in [2.75, 3.05) is 5.73 Å². The van der Waals surface area contributed by atoms with Crippen molar-refractivity contribution in [3.8, 4) is 11.3 Å². The van der Waals surface area contributed by atoms with Crippen molar-refractivity contribution in [3.63, 3.8) is 0 Å². The number of fused-ring (bicyclic) bond motifs is 2. The number of hydrogen-bond donors (Lipinski definition) is 2. The number of pyridine rings is 1. The molecule has 0 unspecified atom stereocenters. The summed E-state index contributed by atoms with van der Waals surface area (Å²) in [7, 11) is 1.98. The third-order valence-electron chi connectivity index (χ3n) is 10.0. The Kier molecular flexibility index (Phi) is 7.50. The second-order valence-electron chi connectivity index (χ2n) is 13.0. The Labute approximate surface area is 267 Å². The van der Waals surface area contributed by atoms with Crippen molar-refractivity contribution in [1.82, 2.24) is 24.4 Å². The van der Waals surface area contributed by atoms with Crippen molar-refractivity contribution < 1.29 is 14.0 Å². The van der Waals surface area contributed by atoms with Crippen molar-refractivity contribution >= 4 is 45.5 Å². The van der Waals surface area contributed by atoms with Gasteiger partial charge in [0, 0.05) is 35.1 Å². The van der Waals surface area contributed by atoms with E-state index in [2.05, 4.69) is 19.4 Å². The van der Waals surface area contributed by atoms with Crippen LogP contribution in [0.25, 0.3) is 39.3 Å². The normalized spacial score (nSPS) is 16.7. The van der Waals surface area contributed by atoms with Gasteiger partial charge >= 0.3 is 0 Å². The number of nitrogens with one attached hydrogen (secondary N) is 1. The smallest absolute Gasteiger partial charge is 0.252 e. The van der Waals surface area contributed by atoms with Gasteiger partial charge in [-0.2, -0.15) is 0 Å². The zero-order valence-electron chi connectivity index (χ0n) is 26.6. The third-order valence-corrected chi connectivity index (χ3v) is 10.0. The van der Waals surface area contributed by atoms with E-state index in [9.17, 15) is 14.0 Å². The van der Waals surface area contributed by atoms with E-state index in [1.54, 1.807) is 12.2 Å². The number of ketones is 1. The number of nitrogen functional groups attached to an aromatic ring is 1. The Morgan fingerprint density at radius 1 is 1.04 bits per heavy atom. The number of nitrogens with two attached hydrogens (primary N) is 1. The van der Waals surface area contributed by atoms with Gasteiger partial charge in [-0.05, 0) is 99.6 Å². The van der Waals surface area contributed by atoms with Crippen LogP contribution in [-0.4, -0.2) is 30.8 Å². The number of anilines is 1. The molecule has 0 aliphatic heterocycles. The maximum Gasteiger partial charge on any atom is 0.252 e. The molecule has 3 aromatic heterocycles. The summed E-state index contributed by atoms with van der Waals surface area (Å²) in [5.41, 5.74) is 12.5. The first-order chi connectivity index (χ1) is 22.1. The van der Waals surface area contributed by atoms with Gasteiger partial charge in [0.05, 0.1) is 28.5 Å². The largest absolute Gasteiger partial charge is 0.383 e. The number of halogens is 1. The number of rotatable bonds is 7. The summed E-state index contributed by atoms with van der Waals surface area (Å²) in [5.74, 6) is 0.524. The molecular weight excluding hydrogens is 579 g/mol. The van der Waals surface area contributed by atoms with Crippen molar-refractivity contribution in [3.05, 3.63) is 83.1 Å². The standard InChI is InChI=1S/C37H39FN6O2/c1-22(45)10-11-24-12-14-30-32(18-24)43(3)36(41-30)37(16-7-17-37)42-35(46)25-13-15-31-28(19-25)23(2)33(29-20-26(38)21-40-34(29)39)44(31)27-8-5-4-6-9-27/h10-15,18-21,27H,4-9,16-17H2,1-3H3,(H2,39,40)(H,42,46)/b11-10+. The third kappa shape index (κ3) is 5.07. The highest BCUT2D eigenvalue weighted by molar-refractivity contribution is 6.01. The summed E-state index contributed by atoms with van der Waals surface area (Å²) in [6.07, 6.45) is 12.7. The molecule has 2 aliphatic rings. The van der Waals surface area contributed by atoms with Gasteiger partial charge in [-0.3, -0.25) is 9.59 Å². The lowest BCUT2D eigenvalue weighted by Crippen LogP contribution is -2.52. The van der Waals surface area contributed by atoms with Gasteiger partial charge in [-0.1, -0.05) is 31.4 Å². The van der Waals surface area contributed by atoms with Gasteiger partial charge in [0.25, 0.3) is 5.91 Å². The van der Waals surface area contributed by atoms with Crippen molar-refractivity contribution in [2.24, 2.45) is 7.05 Å². The average Bonchev–Trinajstić information content (AvgIpc) is 3.52. The SMILES string of the molecule is CC(=O)/C=C/c1ccc2nc(C3(NC(=O)c4ccc5c(c4)c(C)c(-c4cc(F)cnc4N)n5C4CCCCC4)CCC3)n(C)c2c1. The van der Waals surface area contributed by atoms with Crippen LogP contribution in [0.2, 0.25) is 0 Å². The zero-order chi connectivity index (χ0) is 32.2. The number of aryl methyl sites for hydroxylation is 2. The maximum atomic E-state index is 14.5. The highest BCUT2D eigenvalue weighted by Gasteiger charge is 2.44. The van der Waals surface area contributed by atoms with Crippen LogP contribution >= 0.6 is 0 Å². The Hall–Kier alpha value is -4.79. The molecule has 8 nitrogen and oxygen atoms in total. The number of amides is 1. The topological polar surface area (TPSA) is 108 Å². The zero-order valence-corrected chi connectivity index (χ0v) is 26.6. The molecule has 0 atom stereocenters. The molecule has 0 radical (unpaired) electrons. The first-order valence-electron chi connectivity index (χ1n) is 16.2. The minimum absolute atomic E-state index is 0.00724. The molecule has 2 fully saturated rings. The number of carbonyl (C=O) groups is 2. The second kappa shape index (κ2) is 11.5. The summed E-state index contributed by atoms with van der Waals surface area (Å²) < 4.78 is 18.8. The molecule has 7 rings (SSSR count). The van der Waals surface area contributed by atoms with Gasteiger partial charge in [-0.25, -0.2) is 14.4 Å². The molecule has 5 aromatic rings. The fourth-order valence-corrected chi connectivity index (χ4v) is 7.48. The summed E-state index contributed by atoms with van der Waals surface area (Å²) in [6, 6.07) is 13.5. The second-order valence-corrected chi connectivity index (χ2v) is 13.0. The molecule has 2 aliphatic carbocycles. The molecule has 3 heterocycles. The molecule has 0 saturated heterocycles. The Morgan fingerprint density at radius 2 is 1.83 bits per heavy atom. The monoisotopic (exact) mass is 618 g/mol. The molecule has 3 N–H and O–H groups in total. The number of carbonyl (C=O) groups excluding carboxylic acids is 2. The number of nitrogens with zero attached hydrogens (tertiary/aromatic N) is 4. The first kappa shape index (κ1) is 29.9. The molecule has 236 valence electrons. The highest BCUT2D eigenvalue weighted by Crippen LogP contribution is 2.44. The lowest BCUT2D eigenvalue weighted by Gasteiger charge is -2.41. The van der Waals surface area contributed by atoms with Crippen LogP contribution in [0, 0.1) is 12.7 Å². The minimum Gasteiger partial charge on any atom is -0.383 e. The fraction of sp³-hybridized carbons (Fsp3) is 0.351. The summed E-state index contributed by atoms with van der Waals surface area (Å²) in [4.78, 5) is 34.6. The van der Waals surface area contributed by atoms with Crippen LogP contribution in [0.5, 0.6) is 0 Å². The Balaban J connectivity index is 1.26. The molecule has 2 saturated carbocycles. The number of aromatic nitrogens is 4. The maximum absolute atomic E-state index is 14.5. The summed E-state index contributed by atoms with van der Waals surface area (Å²) in [5, 5.41) is 4.32. The van der Waals surface area contributed by atoms with Crippen LogP contribution in [0.1, 0.15) is 91.6 Å². The van der Waals surface area contributed by atoms with Crippen LogP contribution in [0.15, 0.2) is 54.7 Å². The molecule has 0 bridgehead atoms. The van der Waals surface area contributed by atoms with Gasteiger partial charge < -0.3 is 20.2 Å².